The van der Waals surface area contributed by atoms with Crippen molar-refractivity contribution in [3.05, 3.63) is 96.1 Å². The van der Waals surface area contributed by atoms with Gasteiger partial charge in [-0.3, -0.25) is 0 Å². The lowest BCUT2D eigenvalue weighted by Gasteiger charge is -2.25. The Kier molecular flexibility index (Phi) is 4.92. The van der Waals surface area contributed by atoms with Crippen molar-refractivity contribution in [2.24, 2.45) is 0 Å². The number of nitrogens with two attached hydrogens (primary N) is 1. The molecule has 37 heavy (non-hydrogen) atoms. The highest BCUT2D eigenvalue weighted by Crippen LogP contribution is 2.37. The zero-order valence-corrected chi connectivity index (χ0v) is 19.9. The molecule has 3 heterocycles. The lowest BCUT2D eigenvalue weighted by Crippen LogP contribution is -2.20. The Bertz CT molecular complexity index is 1770. The van der Waals surface area contributed by atoms with Crippen LogP contribution in [0.4, 0.5) is 10.2 Å². The summed E-state index contributed by atoms with van der Waals surface area (Å²) in [7, 11) is 0. The first-order chi connectivity index (χ1) is 18.1. The van der Waals surface area contributed by atoms with Gasteiger partial charge < -0.3 is 15.5 Å². The first kappa shape index (κ1) is 21.6. The molecule has 0 aliphatic heterocycles. The summed E-state index contributed by atoms with van der Waals surface area (Å²) >= 11 is 0. The summed E-state index contributed by atoms with van der Waals surface area (Å²) in [5, 5.41) is 6.40. The number of aromatic nitrogens is 5. The molecule has 8 heteroatoms. The van der Waals surface area contributed by atoms with Crippen molar-refractivity contribution in [3.8, 4) is 22.9 Å². The molecular weight excluding hydrogens is 467 g/mol. The van der Waals surface area contributed by atoms with E-state index in [9.17, 15) is 4.39 Å². The Hall–Kier alpha value is -4.72. The molecule has 3 aromatic carbocycles. The number of halogens is 1. The number of ether oxygens (including phenoxy) is 1. The topological polar surface area (TPSA) is 94.6 Å². The number of hydrogen-bond acceptors (Lipinski definition) is 5. The summed E-state index contributed by atoms with van der Waals surface area (Å²) in [4.78, 5) is 12.2. The minimum absolute atomic E-state index is 0.145. The van der Waals surface area contributed by atoms with Gasteiger partial charge in [0.2, 0.25) is 0 Å². The van der Waals surface area contributed by atoms with E-state index in [0.717, 1.165) is 24.8 Å². The number of aryl methyl sites for hydroxylation is 1. The fourth-order valence-corrected chi connectivity index (χ4v) is 5.28. The Morgan fingerprint density at radius 1 is 0.973 bits per heavy atom. The fraction of sp³-hybridized carbons (Fsp3) is 0.138. The summed E-state index contributed by atoms with van der Waals surface area (Å²) in [5.74, 6) is 0.629. The maximum atomic E-state index is 14.9. The van der Waals surface area contributed by atoms with Gasteiger partial charge in [-0.15, -0.1) is 0 Å². The molecule has 0 radical (unpaired) electrons. The molecule has 0 amide bonds. The zero-order chi connectivity index (χ0) is 24.9. The third-order valence-corrected chi connectivity index (χ3v) is 7.08. The molecule has 0 bridgehead atoms. The van der Waals surface area contributed by atoms with E-state index in [4.69, 9.17) is 15.6 Å². The van der Waals surface area contributed by atoms with E-state index in [1.807, 2.05) is 28.9 Å². The van der Waals surface area contributed by atoms with Gasteiger partial charge in [0, 0.05) is 17.0 Å². The zero-order valence-electron chi connectivity index (χ0n) is 19.9. The van der Waals surface area contributed by atoms with Gasteiger partial charge in [0.25, 0.3) is 0 Å². The predicted octanol–water partition coefficient (Wildman–Crippen LogP) is 6.22. The van der Waals surface area contributed by atoms with Crippen LogP contribution in [0.2, 0.25) is 0 Å². The lowest BCUT2D eigenvalue weighted by atomic mass is 9.88. The highest BCUT2D eigenvalue weighted by Gasteiger charge is 2.26. The van der Waals surface area contributed by atoms with Crippen LogP contribution >= 0.6 is 0 Å². The number of para-hydroxylation sites is 1. The number of benzene rings is 3. The van der Waals surface area contributed by atoms with Crippen LogP contribution in [0.5, 0.6) is 11.5 Å². The SMILES string of the molecule is Nc1ncnc2c1c(-c1cc3cc(F)c(Oc4ccccc4)cc3[nH]1)nn2C1CCc2ccccc2C1. The van der Waals surface area contributed by atoms with E-state index in [-0.39, 0.29) is 11.8 Å². The molecule has 6 aromatic rings. The maximum absolute atomic E-state index is 14.9. The minimum Gasteiger partial charge on any atom is -0.454 e. The van der Waals surface area contributed by atoms with E-state index < -0.39 is 5.82 Å². The first-order valence-electron chi connectivity index (χ1n) is 12.2. The molecule has 1 aliphatic carbocycles. The normalized spacial score (nSPS) is 15.2. The number of fused-ring (bicyclic) bond motifs is 3. The van der Waals surface area contributed by atoms with Crippen LogP contribution in [0.25, 0.3) is 33.3 Å². The first-order valence-corrected chi connectivity index (χ1v) is 12.2. The molecule has 3 aromatic heterocycles. The van der Waals surface area contributed by atoms with Crippen molar-refractivity contribution in [2.45, 2.75) is 25.3 Å². The van der Waals surface area contributed by atoms with Crippen LogP contribution in [-0.2, 0) is 12.8 Å². The number of hydrogen-bond donors (Lipinski definition) is 2. The Balaban J connectivity index is 1.32. The number of aromatic amines is 1. The van der Waals surface area contributed by atoms with E-state index in [2.05, 4.69) is 39.2 Å². The van der Waals surface area contributed by atoms with Crippen LogP contribution in [0.15, 0.2) is 79.1 Å². The quantitative estimate of drug-likeness (QED) is 0.306. The van der Waals surface area contributed by atoms with Crippen molar-refractivity contribution < 1.29 is 9.13 Å². The molecule has 7 nitrogen and oxygen atoms in total. The van der Waals surface area contributed by atoms with Gasteiger partial charge >= 0.3 is 0 Å². The standard InChI is InChI=1S/C29H23FN6O/c30-22-13-19-14-24(34-23(19)15-25(22)37-21-8-2-1-3-9-21)27-26-28(31)32-16-33-29(26)36(35-27)20-11-10-17-6-4-5-7-18(17)12-20/h1-9,13-16,20,34H,10-12H2,(H2,31,32,33). The smallest absolute Gasteiger partial charge is 0.166 e. The molecule has 0 saturated heterocycles. The molecule has 182 valence electrons. The second-order valence-corrected chi connectivity index (χ2v) is 9.38. The molecule has 0 saturated carbocycles. The van der Waals surface area contributed by atoms with Gasteiger partial charge in [0.15, 0.2) is 17.2 Å². The van der Waals surface area contributed by atoms with Gasteiger partial charge in [-0.1, -0.05) is 42.5 Å². The van der Waals surface area contributed by atoms with E-state index in [1.54, 1.807) is 18.2 Å². The summed E-state index contributed by atoms with van der Waals surface area (Å²) < 4.78 is 22.7. The van der Waals surface area contributed by atoms with E-state index >= 15 is 0 Å². The third-order valence-electron chi connectivity index (χ3n) is 7.08. The third kappa shape index (κ3) is 3.69. The number of anilines is 1. The average molecular weight is 491 g/mol. The Labute approximate surface area is 211 Å². The molecule has 1 atom stereocenters. The summed E-state index contributed by atoms with van der Waals surface area (Å²) in [5.41, 5.74) is 11.9. The highest BCUT2D eigenvalue weighted by molar-refractivity contribution is 6.00. The van der Waals surface area contributed by atoms with E-state index in [1.165, 1.54) is 23.5 Å². The monoisotopic (exact) mass is 490 g/mol. The second-order valence-electron chi connectivity index (χ2n) is 9.38. The van der Waals surface area contributed by atoms with E-state index in [0.29, 0.717) is 39.4 Å². The fourth-order valence-electron chi connectivity index (χ4n) is 5.28. The van der Waals surface area contributed by atoms with Crippen molar-refractivity contribution >= 4 is 27.8 Å². The molecule has 0 spiro atoms. The largest absolute Gasteiger partial charge is 0.454 e. The van der Waals surface area contributed by atoms with Crippen LogP contribution in [0.1, 0.15) is 23.6 Å². The van der Waals surface area contributed by atoms with Gasteiger partial charge in [0.05, 0.1) is 17.1 Å². The number of H-pyrrole nitrogens is 1. The van der Waals surface area contributed by atoms with Crippen molar-refractivity contribution in [3.63, 3.8) is 0 Å². The van der Waals surface area contributed by atoms with Crippen LogP contribution in [0.3, 0.4) is 0 Å². The van der Waals surface area contributed by atoms with Crippen molar-refractivity contribution in [1.82, 2.24) is 24.7 Å². The Morgan fingerprint density at radius 3 is 2.65 bits per heavy atom. The summed E-state index contributed by atoms with van der Waals surface area (Å²) in [6.45, 7) is 0. The lowest BCUT2D eigenvalue weighted by molar-refractivity contribution is 0.415. The van der Waals surface area contributed by atoms with Crippen LogP contribution in [0, 0.1) is 5.82 Å². The number of nitrogen functional groups attached to an aromatic ring is 1. The molecule has 1 aliphatic rings. The Morgan fingerprint density at radius 2 is 1.78 bits per heavy atom. The number of nitrogens with zero attached hydrogens (tertiary/aromatic N) is 4. The van der Waals surface area contributed by atoms with Crippen molar-refractivity contribution in [2.75, 3.05) is 5.73 Å². The molecule has 0 fully saturated rings. The highest BCUT2D eigenvalue weighted by atomic mass is 19.1. The van der Waals surface area contributed by atoms with Crippen molar-refractivity contribution in [1.29, 1.82) is 0 Å². The minimum atomic E-state index is -0.444. The van der Waals surface area contributed by atoms with Gasteiger partial charge in [-0.25, -0.2) is 19.0 Å². The van der Waals surface area contributed by atoms with Crippen LogP contribution in [-0.4, -0.2) is 24.7 Å². The summed E-state index contributed by atoms with van der Waals surface area (Å²) in [6, 6.07) is 22.8. The number of rotatable bonds is 4. The van der Waals surface area contributed by atoms with Gasteiger partial charge in [-0.2, -0.15) is 5.10 Å². The molecule has 7 rings (SSSR count). The average Bonchev–Trinajstić information content (AvgIpc) is 3.51. The van der Waals surface area contributed by atoms with Gasteiger partial charge in [0.1, 0.15) is 23.6 Å². The maximum Gasteiger partial charge on any atom is 0.166 e. The molecule has 3 N–H and O–H groups in total. The molecular formula is C29H23FN6O. The summed E-state index contributed by atoms with van der Waals surface area (Å²) in [6.07, 6.45) is 4.28. The molecule has 1 unspecified atom stereocenters. The predicted molar refractivity (Wildman–Crippen MR) is 141 cm³/mol. The number of nitrogens with one attached hydrogen (secondary N) is 1. The van der Waals surface area contributed by atoms with Gasteiger partial charge in [-0.05, 0) is 54.7 Å². The second kappa shape index (κ2) is 8.44. The van der Waals surface area contributed by atoms with Crippen LogP contribution < -0.4 is 10.5 Å².